The van der Waals surface area contributed by atoms with Crippen LogP contribution in [0.1, 0.15) is 26.7 Å². The molecule has 0 aromatic heterocycles. The van der Waals surface area contributed by atoms with Crippen LogP contribution in [0.3, 0.4) is 0 Å². The lowest BCUT2D eigenvalue weighted by atomic mass is 9.76. The second kappa shape index (κ2) is 3.95. The third kappa shape index (κ3) is 1.49. The van der Waals surface area contributed by atoms with Crippen LogP contribution in [0.25, 0.3) is 0 Å². The molecule has 3 rings (SSSR count). The summed E-state index contributed by atoms with van der Waals surface area (Å²) in [5.74, 6) is 1.49. The van der Waals surface area contributed by atoms with Gasteiger partial charge in [0.05, 0.1) is 0 Å². The van der Waals surface area contributed by atoms with Crippen LogP contribution in [0.5, 0.6) is 0 Å². The van der Waals surface area contributed by atoms with E-state index in [4.69, 9.17) is 5.73 Å². The van der Waals surface area contributed by atoms with Gasteiger partial charge in [0.15, 0.2) is 0 Å². The Balaban J connectivity index is 1.95. The summed E-state index contributed by atoms with van der Waals surface area (Å²) in [6.07, 6.45) is 2.09. The SMILES string of the molecule is CC(C)CN1C(=O)N=C(N)C12CCN1CCC2C1. The highest BCUT2D eigenvalue weighted by Crippen LogP contribution is 2.43. The lowest BCUT2D eigenvalue weighted by molar-refractivity contribution is 0.0834. The molecule has 0 aromatic carbocycles. The Bertz CT molecular complexity index is 406. The molecule has 3 atom stereocenters. The Hall–Kier alpha value is -1.10. The van der Waals surface area contributed by atoms with Gasteiger partial charge in [0.25, 0.3) is 0 Å². The molecule has 0 aliphatic carbocycles. The predicted molar refractivity (Wildman–Crippen MR) is 70.5 cm³/mol. The minimum absolute atomic E-state index is 0.124. The monoisotopic (exact) mass is 250 g/mol. The van der Waals surface area contributed by atoms with Crippen molar-refractivity contribution in [2.45, 2.75) is 32.2 Å². The highest BCUT2D eigenvalue weighted by Gasteiger charge is 2.57. The Morgan fingerprint density at radius 2 is 2.28 bits per heavy atom. The van der Waals surface area contributed by atoms with Crippen molar-refractivity contribution in [1.29, 1.82) is 0 Å². The van der Waals surface area contributed by atoms with Gasteiger partial charge in [-0.1, -0.05) is 13.8 Å². The summed E-state index contributed by atoms with van der Waals surface area (Å²) >= 11 is 0. The van der Waals surface area contributed by atoms with Crippen LogP contribution < -0.4 is 5.73 Å². The molecule has 1 spiro atoms. The second-order valence-corrected chi connectivity index (χ2v) is 6.24. The summed E-state index contributed by atoms with van der Waals surface area (Å²) < 4.78 is 0. The quantitative estimate of drug-likeness (QED) is 0.792. The van der Waals surface area contributed by atoms with E-state index in [1.807, 2.05) is 4.90 Å². The molecule has 2 bridgehead atoms. The van der Waals surface area contributed by atoms with E-state index in [1.54, 1.807) is 0 Å². The van der Waals surface area contributed by atoms with E-state index < -0.39 is 0 Å². The number of hydrogen-bond acceptors (Lipinski definition) is 3. The molecule has 0 aromatic rings. The van der Waals surface area contributed by atoms with Crippen LogP contribution in [0.4, 0.5) is 4.79 Å². The number of amidine groups is 1. The van der Waals surface area contributed by atoms with Gasteiger partial charge in [-0.2, -0.15) is 4.99 Å². The standard InChI is InChI=1S/C13H22N4O/c1-9(2)7-17-12(18)15-11(14)13(17)4-6-16-5-3-10(13)8-16/h9-10H,3-8H2,1-2H3,(H2,14,15,18). The largest absolute Gasteiger partial charge is 0.385 e. The first-order valence-corrected chi connectivity index (χ1v) is 6.92. The predicted octanol–water partition coefficient (Wildman–Crippen LogP) is 0.900. The molecule has 3 aliphatic rings. The highest BCUT2D eigenvalue weighted by molar-refractivity contribution is 6.06. The number of piperidine rings is 1. The number of hydrogen-bond donors (Lipinski definition) is 1. The summed E-state index contributed by atoms with van der Waals surface area (Å²) in [5.41, 5.74) is 5.88. The van der Waals surface area contributed by atoms with Crippen molar-refractivity contribution in [3.63, 3.8) is 0 Å². The zero-order valence-corrected chi connectivity index (χ0v) is 11.2. The molecule has 3 aliphatic heterocycles. The number of nitrogens with zero attached hydrogens (tertiary/aromatic N) is 3. The number of amides is 2. The Morgan fingerprint density at radius 1 is 1.50 bits per heavy atom. The molecule has 5 heteroatoms. The van der Waals surface area contributed by atoms with Crippen LogP contribution in [0.15, 0.2) is 4.99 Å². The van der Waals surface area contributed by atoms with Gasteiger partial charge in [-0.05, 0) is 25.3 Å². The zero-order chi connectivity index (χ0) is 12.9. The average molecular weight is 250 g/mol. The van der Waals surface area contributed by atoms with Crippen molar-refractivity contribution < 1.29 is 4.79 Å². The summed E-state index contributed by atoms with van der Waals surface area (Å²) in [7, 11) is 0. The maximum Gasteiger partial charge on any atom is 0.346 e. The molecule has 2 saturated heterocycles. The summed E-state index contributed by atoms with van der Waals surface area (Å²) in [4.78, 5) is 20.6. The number of aliphatic imine (C=N–C) groups is 1. The first-order chi connectivity index (χ1) is 8.54. The molecule has 0 saturated carbocycles. The molecule has 5 nitrogen and oxygen atoms in total. The number of nitrogens with two attached hydrogens (primary N) is 1. The first kappa shape index (κ1) is 12.0. The van der Waals surface area contributed by atoms with Crippen LogP contribution in [0.2, 0.25) is 0 Å². The van der Waals surface area contributed by atoms with E-state index in [0.717, 1.165) is 39.0 Å². The van der Waals surface area contributed by atoms with Gasteiger partial charge in [-0.3, -0.25) is 0 Å². The lowest BCUT2D eigenvalue weighted by Crippen LogP contribution is -2.63. The molecule has 2 fully saturated rings. The van der Waals surface area contributed by atoms with E-state index in [-0.39, 0.29) is 11.6 Å². The topological polar surface area (TPSA) is 61.9 Å². The van der Waals surface area contributed by atoms with Gasteiger partial charge in [-0.15, -0.1) is 0 Å². The molecule has 2 amide bonds. The Kier molecular flexibility index (Phi) is 2.62. The van der Waals surface area contributed by atoms with E-state index in [0.29, 0.717) is 17.7 Å². The number of rotatable bonds is 2. The zero-order valence-electron chi connectivity index (χ0n) is 11.2. The van der Waals surface area contributed by atoms with Crippen LogP contribution in [-0.2, 0) is 0 Å². The molecule has 18 heavy (non-hydrogen) atoms. The third-order valence-corrected chi connectivity index (χ3v) is 4.68. The van der Waals surface area contributed by atoms with Crippen molar-refractivity contribution in [3.8, 4) is 0 Å². The Labute approximate surface area is 108 Å². The fraction of sp³-hybridized carbons (Fsp3) is 0.846. The van der Waals surface area contributed by atoms with Crippen molar-refractivity contribution in [3.05, 3.63) is 0 Å². The number of carbonyl (C=O) groups is 1. The van der Waals surface area contributed by atoms with Crippen LogP contribution in [-0.4, -0.2) is 53.4 Å². The van der Waals surface area contributed by atoms with Gasteiger partial charge >= 0.3 is 6.03 Å². The van der Waals surface area contributed by atoms with E-state index in [9.17, 15) is 4.79 Å². The van der Waals surface area contributed by atoms with Gasteiger partial charge in [0, 0.05) is 25.6 Å². The number of fused-ring (bicyclic) bond motifs is 3. The fourth-order valence-corrected chi connectivity index (χ4v) is 3.83. The van der Waals surface area contributed by atoms with Gasteiger partial charge < -0.3 is 15.5 Å². The van der Waals surface area contributed by atoms with Crippen LogP contribution in [0, 0.1) is 11.8 Å². The Morgan fingerprint density at radius 3 is 3.00 bits per heavy atom. The lowest BCUT2D eigenvalue weighted by Gasteiger charge is -2.46. The third-order valence-electron chi connectivity index (χ3n) is 4.68. The molecular formula is C13H22N4O. The molecule has 3 unspecified atom stereocenters. The van der Waals surface area contributed by atoms with Gasteiger partial charge in [0.2, 0.25) is 0 Å². The summed E-state index contributed by atoms with van der Waals surface area (Å²) in [6, 6.07) is -0.124. The van der Waals surface area contributed by atoms with Crippen molar-refractivity contribution in [2.24, 2.45) is 22.6 Å². The minimum Gasteiger partial charge on any atom is -0.385 e. The molecule has 0 radical (unpaired) electrons. The first-order valence-electron chi connectivity index (χ1n) is 6.92. The molecule has 100 valence electrons. The highest BCUT2D eigenvalue weighted by atomic mass is 16.2. The molecule has 3 heterocycles. The minimum atomic E-state index is -0.269. The fourth-order valence-electron chi connectivity index (χ4n) is 3.83. The van der Waals surface area contributed by atoms with Gasteiger partial charge in [0.1, 0.15) is 11.4 Å². The number of urea groups is 1. The van der Waals surface area contributed by atoms with Crippen molar-refractivity contribution >= 4 is 11.9 Å². The smallest absolute Gasteiger partial charge is 0.346 e. The second-order valence-electron chi connectivity index (χ2n) is 6.24. The van der Waals surface area contributed by atoms with Crippen molar-refractivity contribution in [2.75, 3.05) is 26.2 Å². The van der Waals surface area contributed by atoms with E-state index in [1.165, 1.54) is 0 Å². The summed E-state index contributed by atoms with van der Waals surface area (Å²) in [6.45, 7) is 8.29. The van der Waals surface area contributed by atoms with Crippen LogP contribution >= 0.6 is 0 Å². The summed E-state index contributed by atoms with van der Waals surface area (Å²) in [5, 5.41) is 0. The van der Waals surface area contributed by atoms with Crippen molar-refractivity contribution in [1.82, 2.24) is 9.80 Å². The maximum absolute atomic E-state index is 12.1. The molecule has 2 N–H and O–H groups in total. The van der Waals surface area contributed by atoms with Gasteiger partial charge in [-0.25, -0.2) is 4.79 Å². The van der Waals surface area contributed by atoms with E-state index in [2.05, 4.69) is 23.7 Å². The van der Waals surface area contributed by atoms with E-state index >= 15 is 0 Å². The normalized spacial score (nSPS) is 38.9. The number of carbonyl (C=O) groups excluding carboxylic acids is 1. The average Bonchev–Trinajstić information content (AvgIpc) is 2.79. The maximum atomic E-state index is 12.1. The molecular weight excluding hydrogens is 228 g/mol.